The lowest BCUT2D eigenvalue weighted by Gasteiger charge is -2.43. The minimum atomic E-state index is -0.217. The zero-order valence-corrected chi connectivity index (χ0v) is 12.7. The van der Waals surface area contributed by atoms with Crippen LogP contribution in [0.4, 0.5) is 0 Å². The van der Waals surface area contributed by atoms with Gasteiger partial charge in [-0.05, 0) is 37.8 Å². The highest BCUT2D eigenvalue weighted by molar-refractivity contribution is 5.71. The molecular formula is C17H23N3O. The molecule has 3 atom stereocenters. The van der Waals surface area contributed by atoms with Crippen LogP contribution in [0, 0.1) is 11.3 Å². The van der Waals surface area contributed by atoms with E-state index in [1.807, 2.05) is 12.5 Å². The molecule has 2 fully saturated rings. The van der Waals surface area contributed by atoms with E-state index in [1.165, 1.54) is 16.8 Å². The van der Waals surface area contributed by atoms with Crippen molar-refractivity contribution in [3.05, 3.63) is 35.9 Å². The summed E-state index contributed by atoms with van der Waals surface area (Å²) in [6, 6.07) is 0.244. The predicted octanol–water partition coefficient (Wildman–Crippen LogP) is 2.15. The van der Waals surface area contributed by atoms with Gasteiger partial charge in [0.2, 0.25) is 0 Å². The zero-order chi connectivity index (χ0) is 14.6. The van der Waals surface area contributed by atoms with Gasteiger partial charge in [-0.1, -0.05) is 12.2 Å². The molecule has 0 radical (unpaired) electrons. The molecule has 1 saturated carbocycles. The Bertz CT molecular complexity index is 624. The fraction of sp³-hybridized carbons (Fsp3) is 0.588. The lowest BCUT2D eigenvalue weighted by Crippen LogP contribution is -2.58. The first-order valence-electron chi connectivity index (χ1n) is 7.92. The van der Waals surface area contributed by atoms with Gasteiger partial charge in [0.1, 0.15) is 0 Å². The van der Waals surface area contributed by atoms with Crippen LogP contribution in [0.3, 0.4) is 0 Å². The SMILES string of the molecule is C/C=C\C1=C(C)c2cncn2C1C1CCC2(CNC2)C1O. The minimum absolute atomic E-state index is 0.128. The first kappa shape index (κ1) is 13.3. The summed E-state index contributed by atoms with van der Waals surface area (Å²) in [6.45, 7) is 6.17. The van der Waals surface area contributed by atoms with E-state index >= 15 is 0 Å². The van der Waals surface area contributed by atoms with Gasteiger partial charge in [0.15, 0.2) is 0 Å². The summed E-state index contributed by atoms with van der Waals surface area (Å²) >= 11 is 0. The number of aromatic nitrogens is 2. The van der Waals surface area contributed by atoms with Crippen LogP contribution in [0.1, 0.15) is 38.4 Å². The monoisotopic (exact) mass is 285 g/mol. The lowest BCUT2D eigenvalue weighted by molar-refractivity contribution is -0.0181. The van der Waals surface area contributed by atoms with E-state index in [0.717, 1.165) is 25.9 Å². The topological polar surface area (TPSA) is 50.1 Å². The number of imidazole rings is 1. The Kier molecular flexibility index (Phi) is 2.88. The van der Waals surface area contributed by atoms with Crippen LogP contribution in [-0.4, -0.2) is 33.9 Å². The van der Waals surface area contributed by atoms with Gasteiger partial charge in [0.25, 0.3) is 0 Å². The maximum atomic E-state index is 10.9. The van der Waals surface area contributed by atoms with Crippen LogP contribution >= 0.6 is 0 Å². The summed E-state index contributed by atoms with van der Waals surface area (Å²) in [5.41, 5.74) is 3.98. The number of aliphatic hydroxyl groups is 1. The minimum Gasteiger partial charge on any atom is -0.392 e. The van der Waals surface area contributed by atoms with Gasteiger partial charge in [0, 0.05) is 24.4 Å². The normalized spacial score (nSPS) is 34.0. The first-order chi connectivity index (χ1) is 10.2. The summed E-state index contributed by atoms with van der Waals surface area (Å²) in [7, 11) is 0. The van der Waals surface area contributed by atoms with Crippen LogP contribution in [0.2, 0.25) is 0 Å². The molecule has 1 aromatic rings. The number of nitrogens with zero attached hydrogens (tertiary/aromatic N) is 2. The third-order valence-electron chi connectivity index (χ3n) is 5.82. The van der Waals surface area contributed by atoms with Gasteiger partial charge in [-0.2, -0.15) is 0 Å². The van der Waals surface area contributed by atoms with E-state index in [9.17, 15) is 5.11 Å². The highest BCUT2D eigenvalue weighted by Crippen LogP contribution is 2.53. The van der Waals surface area contributed by atoms with Gasteiger partial charge in [-0.15, -0.1) is 0 Å². The Morgan fingerprint density at radius 3 is 2.90 bits per heavy atom. The van der Waals surface area contributed by atoms with Crippen LogP contribution in [0.15, 0.2) is 30.2 Å². The van der Waals surface area contributed by atoms with E-state index in [4.69, 9.17) is 0 Å². The Hall–Kier alpha value is -1.39. The van der Waals surface area contributed by atoms with Crippen molar-refractivity contribution in [1.29, 1.82) is 0 Å². The summed E-state index contributed by atoms with van der Waals surface area (Å²) in [5.74, 6) is 0.295. The molecule has 1 spiro atoms. The Morgan fingerprint density at radius 2 is 2.29 bits per heavy atom. The van der Waals surface area contributed by atoms with Gasteiger partial charge >= 0.3 is 0 Å². The van der Waals surface area contributed by atoms with Gasteiger partial charge in [-0.3, -0.25) is 0 Å². The molecule has 2 N–H and O–H groups in total. The van der Waals surface area contributed by atoms with E-state index < -0.39 is 0 Å². The molecule has 4 rings (SSSR count). The number of hydrogen-bond donors (Lipinski definition) is 2. The van der Waals surface area contributed by atoms with E-state index in [-0.39, 0.29) is 17.6 Å². The molecule has 0 bridgehead atoms. The second-order valence-corrected chi connectivity index (χ2v) is 6.82. The fourth-order valence-corrected chi connectivity index (χ4v) is 4.55. The van der Waals surface area contributed by atoms with Crippen LogP contribution in [-0.2, 0) is 0 Å². The first-order valence-corrected chi connectivity index (χ1v) is 7.92. The standard InChI is InChI=1S/C17H23N3O/c1-3-4-12-11(2)14-7-18-10-20(14)15(12)13-5-6-17(16(13)21)8-19-9-17/h3-4,7,10,13,15-16,19,21H,5-6,8-9H2,1-2H3/b4-3-. The van der Waals surface area contributed by atoms with E-state index in [1.54, 1.807) is 0 Å². The quantitative estimate of drug-likeness (QED) is 0.875. The molecule has 1 saturated heterocycles. The van der Waals surface area contributed by atoms with Crippen molar-refractivity contribution in [3.63, 3.8) is 0 Å². The maximum absolute atomic E-state index is 10.9. The van der Waals surface area contributed by atoms with E-state index in [2.05, 4.69) is 40.9 Å². The molecule has 3 aliphatic rings. The Labute approximate surface area is 125 Å². The van der Waals surface area contributed by atoms with Crippen molar-refractivity contribution in [2.45, 2.75) is 38.8 Å². The molecule has 4 nitrogen and oxygen atoms in total. The number of nitrogens with one attached hydrogen (secondary N) is 1. The molecule has 4 heteroatoms. The van der Waals surface area contributed by atoms with Crippen LogP contribution in [0.25, 0.3) is 5.57 Å². The van der Waals surface area contributed by atoms with Crippen LogP contribution < -0.4 is 5.32 Å². The van der Waals surface area contributed by atoms with Gasteiger partial charge < -0.3 is 15.0 Å². The smallest absolute Gasteiger partial charge is 0.0956 e. The molecule has 112 valence electrons. The predicted molar refractivity (Wildman–Crippen MR) is 82.7 cm³/mol. The summed E-state index contributed by atoms with van der Waals surface area (Å²) in [6.07, 6.45) is 10.2. The van der Waals surface area contributed by atoms with Gasteiger partial charge in [0.05, 0.1) is 30.4 Å². The fourth-order valence-electron chi connectivity index (χ4n) is 4.55. The second-order valence-electron chi connectivity index (χ2n) is 6.82. The number of allylic oxidation sites excluding steroid dienone is 4. The highest BCUT2D eigenvalue weighted by atomic mass is 16.3. The maximum Gasteiger partial charge on any atom is 0.0956 e. The van der Waals surface area contributed by atoms with Crippen LogP contribution in [0.5, 0.6) is 0 Å². The van der Waals surface area contributed by atoms with Crippen molar-refractivity contribution in [2.75, 3.05) is 13.1 Å². The molecule has 21 heavy (non-hydrogen) atoms. The van der Waals surface area contributed by atoms with Crippen molar-refractivity contribution >= 4 is 5.57 Å². The van der Waals surface area contributed by atoms with Crippen molar-refractivity contribution in [1.82, 2.24) is 14.9 Å². The average molecular weight is 285 g/mol. The largest absolute Gasteiger partial charge is 0.392 e. The zero-order valence-electron chi connectivity index (χ0n) is 12.7. The summed E-state index contributed by atoms with van der Waals surface area (Å²) in [5, 5.41) is 14.3. The number of hydrogen-bond acceptors (Lipinski definition) is 3. The summed E-state index contributed by atoms with van der Waals surface area (Å²) < 4.78 is 2.27. The number of fused-ring (bicyclic) bond motifs is 1. The molecule has 1 aromatic heterocycles. The molecular weight excluding hydrogens is 262 g/mol. The summed E-state index contributed by atoms with van der Waals surface area (Å²) in [4.78, 5) is 4.32. The van der Waals surface area contributed by atoms with Gasteiger partial charge in [-0.25, -0.2) is 4.98 Å². The highest BCUT2D eigenvalue weighted by Gasteiger charge is 2.54. The Balaban J connectivity index is 1.74. The third kappa shape index (κ3) is 1.66. The third-order valence-corrected chi connectivity index (χ3v) is 5.82. The average Bonchev–Trinajstić information content (AvgIpc) is 3.07. The van der Waals surface area contributed by atoms with Crippen molar-refractivity contribution < 1.29 is 5.11 Å². The van der Waals surface area contributed by atoms with E-state index in [0.29, 0.717) is 5.92 Å². The second kappa shape index (κ2) is 4.55. The molecule has 0 aromatic carbocycles. The number of rotatable bonds is 2. The number of aliphatic hydroxyl groups excluding tert-OH is 1. The molecule has 0 amide bonds. The lowest BCUT2D eigenvalue weighted by atomic mass is 9.75. The Morgan fingerprint density at radius 1 is 1.48 bits per heavy atom. The molecule has 3 heterocycles. The molecule has 2 aliphatic heterocycles. The van der Waals surface area contributed by atoms with Crippen molar-refractivity contribution in [2.24, 2.45) is 11.3 Å². The molecule has 1 aliphatic carbocycles. The molecule has 3 unspecified atom stereocenters. The van der Waals surface area contributed by atoms with Crippen molar-refractivity contribution in [3.8, 4) is 0 Å².